The van der Waals surface area contributed by atoms with Crippen molar-refractivity contribution >= 4 is 22.5 Å². The van der Waals surface area contributed by atoms with Crippen LogP contribution in [0.4, 0.5) is 5.69 Å². The zero-order chi connectivity index (χ0) is 15.7. The third-order valence-corrected chi connectivity index (χ3v) is 4.77. The first-order valence-electron chi connectivity index (χ1n) is 7.95. The van der Waals surface area contributed by atoms with E-state index < -0.39 is 0 Å². The van der Waals surface area contributed by atoms with Gasteiger partial charge in [-0.05, 0) is 44.2 Å². The first-order chi connectivity index (χ1) is 10.6. The molecule has 2 N–H and O–H groups in total. The highest BCUT2D eigenvalue weighted by atomic mass is 16.1. The fourth-order valence-electron chi connectivity index (χ4n) is 3.46. The van der Waals surface area contributed by atoms with Crippen LogP contribution in [0.25, 0.3) is 10.9 Å². The molecule has 0 atom stereocenters. The average molecular weight is 297 g/mol. The molecule has 4 nitrogen and oxygen atoms in total. The highest BCUT2D eigenvalue weighted by Crippen LogP contribution is 2.34. The molecule has 22 heavy (non-hydrogen) atoms. The number of pyridine rings is 1. The van der Waals surface area contributed by atoms with Crippen LogP contribution in [0.15, 0.2) is 24.3 Å². The Morgan fingerprint density at radius 2 is 1.95 bits per heavy atom. The Hall–Kier alpha value is -2.10. The van der Waals surface area contributed by atoms with Gasteiger partial charge in [-0.3, -0.25) is 9.78 Å². The number of para-hydroxylation sites is 1. The van der Waals surface area contributed by atoms with E-state index in [4.69, 9.17) is 10.7 Å². The third kappa shape index (κ3) is 2.78. The minimum absolute atomic E-state index is 0.181. The molecule has 2 heterocycles. The number of anilines is 1. The van der Waals surface area contributed by atoms with Crippen LogP contribution in [0, 0.1) is 19.8 Å². The normalized spacial score (nSPS) is 16.2. The van der Waals surface area contributed by atoms with Crippen LogP contribution < -0.4 is 10.6 Å². The molecule has 116 valence electrons. The van der Waals surface area contributed by atoms with Crippen LogP contribution in [0.1, 0.15) is 30.5 Å². The molecule has 0 bridgehead atoms. The van der Waals surface area contributed by atoms with Crippen LogP contribution in [-0.2, 0) is 4.79 Å². The second-order valence-corrected chi connectivity index (χ2v) is 6.29. The number of aromatic nitrogens is 1. The van der Waals surface area contributed by atoms with Crippen molar-refractivity contribution in [1.82, 2.24) is 4.98 Å². The van der Waals surface area contributed by atoms with Gasteiger partial charge in [-0.15, -0.1) is 0 Å². The van der Waals surface area contributed by atoms with Gasteiger partial charge in [0.1, 0.15) is 0 Å². The number of hydrogen-bond acceptors (Lipinski definition) is 3. The molecule has 4 heteroatoms. The van der Waals surface area contributed by atoms with Gasteiger partial charge >= 0.3 is 0 Å². The van der Waals surface area contributed by atoms with E-state index in [1.807, 2.05) is 6.07 Å². The van der Waals surface area contributed by atoms with Crippen molar-refractivity contribution in [2.24, 2.45) is 11.7 Å². The van der Waals surface area contributed by atoms with Crippen molar-refractivity contribution in [1.29, 1.82) is 0 Å². The predicted octanol–water partition coefficient (Wildman–Crippen LogP) is 2.94. The molecule has 0 radical (unpaired) electrons. The number of nitrogens with two attached hydrogens (primary N) is 1. The van der Waals surface area contributed by atoms with E-state index in [2.05, 4.69) is 36.9 Å². The highest BCUT2D eigenvalue weighted by molar-refractivity contribution is 5.93. The fraction of sp³-hybridized carbons (Fsp3) is 0.444. The summed E-state index contributed by atoms with van der Waals surface area (Å²) in [5.74, 6) is 0.253. The third-order valence-electron chi connectivity index (χ3n) is 4.77. The molecular weight excluding hydrogens is 274 g/mol. The lowest BCUT2D eigenvalue weighted by atomic mass is 9.92. The molecule has 1 aliphatic rings. The Kier molecular flexibility index (Phi) is 4.01. The molecule has 0 spiro atoms. The average Bonchev–Trinajstić information content (AvgIpc) is 2.49. The standard InChI is InChI=1S/C18H23N3O/c1-12-13(2)20-16-6-4-3-5-15(16)18(12)21-9-7-14(8-10-21)11-17(19)22/h3-6,14H,7-11H2,1-2H3,(H2,19,22). The molecule has 1 aliphatic heterocycles. The summed E-state index contributed by atoms with van der Waals surface area (Å²) in [7, 11) is 0. The fourth-order valence-corrected chi connectivity index (χ4v) is 3.46. The maximum Gasteiger partial charge on any atom is 0.217 e. The van der Waals surface area contributed by atoms with Crippen molar-refractivity contribution in [3.8, 4) is 0 Å². The molecule has 1 amide bonds. The van der Waals surface area contributed by atoms with E-state index in [9.17, 15) is 4.79 Å². The number of carbonyl (C=O) groups excluding carboxylic acids is 1. The van der Waals surface area contributed by atoms with E-state index in [-0.39, 0.29) is 5.91 Å². The van der Waals surface area contributed by atoms with Gasteiger partial charge in [0.05, 0.1) is 11.2 Å². The molecule has 1 aromatic carbocycles. The van der Waals surface area contributed by atoms with E-state index in [0.29, 0.717) is 12.3 Å². The molecule has 1 saturated heterocycles. The lowest BCUT2D eigenvalue weighted by Crippen LogP contribution is -2.35. The van der Waals surface area contributed by atoms with E-state index in [1.165, 1.54) is 16.6 Å². The summed E-state index contributed by atoms with van der Waals surface area (Å²) in [6.07, 6.45) is 2.57. The first kappa shape index (κ1) is 14.8. The summed E-state index contributed by atoms with van der Waals surface area (Å²) < 4.78 is 0. The molecule has 2 aromatic rings. The molecule has 0 aliphatic carbocycles. The maximum atomic E-state index is 11.1. The summed E-state index contributed by atoms with van der Waals surface area (Å²) >= 11 is 0. The van der Waals surface area contributed by atoms with Gasteiger partial charge in [0.2, 0.25) is 5.91 Å². The van der Waals surface area contributed by atoms with Crippen LogP contribution in [0.5, 0.6) is 0 Å². The Balaban J connectivity index is 1.91. The van der Waals surface area contributed by atoms with Gasteiger partial charge < -0.3 is 10.6 Å². The summed E-state index contributed by atoms with van der Waals surface area (Å²) in [4.78, 5) is 18.2. The summed E-state index contributed by atoms with van der Waals surface area (Å²) in [5.41, 5.74) is 10.0. The van der Waals surface area contributed by atoms with Crippen molar-refractivity contribution in [3.63, 3.8) is 0 Å². The first-order valence-corrected chi connectivity index (χ1v) is 7.95. The van der Waals surface area contributed by atoms with Gasteiger partial charge in [-0.2, -0.15) is 0 Å². The van der Waals surface area contributed by atoms with Crippen molar-refractivity contribution in [2.75, 3.05) is 18.0 Å². The monoisotopic (exact) mass is 297 g/mol. The highest BCUT2D eigenvalue weighted by Gasteiger charge is 2.23. The van der Waals surface area contributed by atoms with Gasteiger partial charge in [0.15, 0.2) is 0 Å². The Morgan fingerprint density at radius 1 is 1.27 bits per heavy atom. The molecule has 1 fully saturated rings. The number of carbonyl (C=O) groups is 1. The molecule has 0 unspecified atom stereocenters. The largest absolute Gasteiger partial charge is 0.371 e. The van der Waals surface area contributed by atoms with Crippen LogP contribution in [-0.4, -0.2) is 24.0 Å². The van der Waals surface area contributed by atoms with Gasteiger partial charge in [-0.25, -0.2) is 0 Å². The summed E-state index contributed by atoms with van der Waals surface area (Å²) in [6, 6.07) is 8.33. The van der Waals surface area contributed by atoms with Crippen LogP contribution in [0.3, 0.4) is 0 Å². The number of amides is 1. The summed E-state index contributed by atoms with van der Waals surface area (Å²) in [5, 5.41) is 1.22. The minimum atomic E-state index is -0.181. The van der Waals surface area contributed by atoms with Crippen LogP contribution in [0.2, 0.25) is 0 Å². The van der Waals surface area contributed by atoms with Gasteiger partial charge in [-0.1, -0.05) is 18.2 Å². The Labute approximate surface area is 131 Å². The van der Waals surface area contributed by atoms with E-state index in [0.717, 1.165) is 37.1 Å². The van der Waals surface area contributed by atoms with Crippen molar-refractivity contribution < 1.29 is 4.79 Å². The lowest BCUT2D eigenvalue weighted by molar-refractivity contribution is -0.119. The molecule has 1 aromatic heterocycles. The lowest BCUT2D eigenvalue weighted by Gasteiger charge is -2.35. The minimum Gasteiger partial charge on any atom is -0.371 e. The van der Waals surface area contributed by atoms with Crippen LogP contribution >= 0.6 is 0 Å². The smallest absolute Gasteiger partial charge is 0.217 e. The number of primary amides is 1. The van der Waals surface area contributed by atoms with Gasteiger partial charge in [0.25, 0.3) is 0 Å². The number of piperidine rings is 1. The number of nitrogens with zero attached hydrogens (tertiary/aromatic N) is 2. The zero-order valence-electron chi connectivity index (χ0n) is 13.3. The number of benzene rings is 1. The summed E-state index contributed by atoms with van der Waals surface area (Å²) in [6.45, 7) is 6.18. The number of rotatable bonds is 3. The van der Waals surface area contributed by atoms with Crippen molar-refractivity contribution in [2.45, 2.75) is 33.1 Å². The second-order valence-electron chi connectivity index (χ2n) is 6.29. The zero-order valence-corrected chi connectivity index (χ0v) is 13.3. The van der Waals surface area contributed by atoms with Crippen molar-refractivity contribution in [3.05, 3.63) is 35.5 Å². The topological polar surface area (TPSA) is 59.2 Å². The van der Waals surface area contributed by atoms with Gasteiger partial charge in [0, 0.05) is 30.6 Å². The number of fused-ring (bicyclic) bond motifs is 1. The Morgan fingerprint density at radius 3 is 2.64 bits per heavy atom. The SMILES string of the molecule is Cc1nc2ccccc2c(N2CCC(CC(N)=O)CC2)c1C. The Bertz CT molecular complexity index is 703. The molecule has 3 rings (SSSR count). The molecule has 0 saturated carbocycles. The predicted molar refractivity (Wildman–Crippen MR) is 90.0 cm³/mol. The second kappa shape index (κ2) is 5.95. The van der Waals surface area contributed by atoms with E-state index in [1.54, 1.807) is 0 Å². The number of hydrogen-bond donors (Lipinski definition) is 1. The number of aryl methyl sites for hydroxylation is 1. The van der Waals surface area contributed by atoms with E-state index >= 15 is 0 Å². The molecular formula is C18H23N3O. The quantitative estimate of drug-likeness (QED) is 0.947. The maximum absolute atomic E-state index is 11.1.